The molecule has 21 heavy (non-hydrogen) atoms. The summed E-state index contributed by atoms with van der Waals surface area (Å²) in [7, 11) is -1.61. The zero-order valence-corrected chi connectivity index (χ0v) is 11.2. The van der Waals surface area contributed by atoms with Crippen LogP contribution in [0.5, 0.6) is 0 Å². The van der Waals surface area contributed by atoms with Gasteiger partial charge in [0.2, 0.25) is 0 Å². The Labute approximate surface area is 119 Å². The summed E-state index contributed by atoms with van der Waals surface area (Å²) in [5, 5.41) is 6.73. The van der Waals surface area contributed by atoms with E-state index < -0.39 is 22.7 Å². The smallest absolute Gasteiger partial charge is 0.360 e. The van der Waals surface area contributed by atoms with Crippen molar-refractivity contribution in [3.63, 3.8) is 0 Å². The summed E-state index contributed by atoms with van der Waals surface area (Å²) in [5.41, 5.74) is 0.0498. The van der Waals surface area contributed by atoms with Crippen molar-refractivity contribution < 1.29 is 17.4 Å². The molecule has 0 aliphatic rings. The SMILES string of the molecule is O=S(Nc1cn[nH]c1)c1c[nH]c2cc(C(F)(F)F)ccc12. The molecule has 0 saturated carbocycles. The number of nitrogens with zero attached hydrogens (tertiary/aromatic N) is 1. The van der Waals surface area contributed by atoms with E-state index in [1.165, 1.54) is 24.7 Å². The van der Waals surface area contributed by atoms with Crippen LogP contribution >= 0.6 is 0 Å². The molecule has 0 aliphatic carbocycles. The van der Waals surface area contributed by atoms with Crippen molar-refractivity contribution in [1.29, 1.82) is 0 Å². The minimum Gasteiger partial charge on any atom is -0.360 e. The van der Waals surface area contributed by atoms with Crippen molar-refractivity contribution in [1.82, 2.24) is 15.2 Å². The Morgan fingerprint density at radius 1 is 1.24 bits per heavy atom. The molecule has 1 unspecified atom stereocenters. The number of hydrogen-bond donors (Lipinski definition) is 3. The van der Waals surface area contributed by atoms with Gasteiger partial charge < -0.3 is 4.98 Å². The fraction of sp³-hybridized carbons (Fsp3) is 0.0833. The molecule has 0 amide bonds. The lowest BCUT2D eigenvalue weighted by atomic mass is 10.1. The number of aromatic amines is 2. The summed E-state index contributed by atoms with van der Waals surface area (Å²) in [6, 6.07) is 3.27. The Bertz CT molecular complexity index is 795. The van der Waals surface area contributed by atoms with E-state index in [-0.39, 0.29) is 5.52 Å². The number of fused-ring (bicyclic) bond motifs is 1. The quantitative estimate of drug-likeness (QED) is 0.695. The fourth-order valence-corrected chi connectivity index (χ4v) is 2.88. The van der Waals surface area contributed by atoms with Crippen molar-refractivity contribution in [2.45, 2.75) is 11.1 Å². The van der Waals surface area contributed by atoms with Crippen LogP contribution in [0.2, 0.25) is 0 Å². The summed E-state index contributed by atoms with van der Waals surface area (Å²) in [5.74, 6) is 0. The number of alkyl halides is 3. The van der Waals surface area contributed by atoms with Gasteiger partial charge in [-0.15, -0.1) is 0 Å². The van der Waals surface area contributed by atoms with Gasteiger partial charge in [0.1, 0.15) is 0 Å². The summed E-state index contributed by atoms with van der Waals surface area (Å²) in [6.45, 7) is 0. The van der Waals surface area contributed by atoms with Gasteiger partial charge in [-0.1, -0.05) is 6.07 Å². The lowest BCUT2D eigenvalue weighted by Crippen LogP contribution is -2.05. The Hall–Kier alpha value is -2.29. The lowest BCUT2D eigenvalue weighted by Gasteiger charge is -2.06. The largest absolute Gasteiger partial charge is 0.416 e. The minimum absolute atomic E-state index is 0.280. The van der Waals surface area contributed by atoms with Crippen molar-refractivity contribution in [2.75, 3.05) is 4.72 Å². The highest BCUT2D eigenvalue weighted by atomic mass is 32.2. The Kier molecular flexibility index (Phi) is 3.20. The van der Waals surface area contributed by atoms with Gasteiger partial charge in [-0.2, -0.15) is 18.3 Å². The molecular formula is C12H9F3N4OS. The molecule has 0 fully saturated rings. The number of H-pyrrole nitrogens is 2. The molecule has 0 spiro atoms. The van der Waals surface area contributed by atoms with Crippen molar-refractivity contribution in [3.8, 4) is 0 Å². The summed E-state index contributed by atoms with van der Waals surface area (Å²) in [4.78, 5) is 3.08. The van der Waals surface area contributed by atoms with E-state index >= 15 is 0 Å². The van der Waals surface area contributed by atoms with Crippen LogP contribution in [0, 0.1) is 0 Å². The third kappa shape index (κ3) is 2.64. The summed E-state index contributed by atoms with van der Waals surface area (Å²) >= 11 is 0. The molecule has 0 saturated heterocycles. The zero-order chi connectivity index (χ0) is 15.0. The molecule has 5 nitrogen and oxygen atoms in total. The van der Waals surface area contributed by atoms with Gasteiger partial charge in [0.05, 0.1) is 22.3 Å². The van der Waals surface area contributed by atoms with Gasteiger partial charge in [0.15, 0.2) is 11.0 Å². The Morgan fingerprint density at radius 2 is 2.05 bits per heavy atom. The van der Waals surface area contributed by atoms with Crippen LogP contribution in [0.15, 0.2) is 41.7 Å². The topological polar surface area (TPSA) is 73.6 Å². The van der Waals surface area contributed by atoms with Crippen molar-refractivity contribution >= 4 is 27.6 Å². The highest BCUT2D eigenvalue weighted by molar-refractivity contribution is 7.86. The van der Waals surface area contributed by atoms with E-state index in [9.17, 15) is 17.4 Å². The third-order valence-electron chi connectivity index (χ3n) is 2.88. The maximum absolute atomic E-state index is 12.6. The molecule has 1 aromatic carbocycles. The molecule has 2 aromatic heterocycles. The monoisotopic (exact) mass is 314 g/mol. The average Bonchev–Trinajstić information content (AvgIpc) is 3.05. The molecule has 3 aromatic rings. The number of aromatic nitrogens is 3. The third-order valence-corrected chi connectivity index (χ3v) is 4.04. The first kappa shape index (κ1) is 13.7. The number of anilines is 1. The maximum Gasteiger partial charge on any atom is 0.416 e. The van der Waals surface area contributed by atoms with Crippen molar-refractivity contribution in [3.05, 3.63) is 42.4 Å². The lowest BCUT2D eigenvalue weighted by molar-refractivity contribution is -0.137. The fourth-order valence-electron chi connectivity index (χ4n) is 1.90. The van der Waals surface area contributed by atoms with Crippen LogP contribution < -0.4 is 4.72 Å². The number of hydrogen-bond acceptors (Lipinski definition) is 2. The Morgan fingerprint density at radius 3 is 2.71 bits per heavy atom. The molecule has 3 rings (SSSR count). The van der Waals surface area contributed by atoms with Gasteiger partial charge in [0, 0.05) is 23.3 Å². The van der Waals surface area contributed by atoms with E-state index in [0.29, 0.717) is 16.0 Å². The van der Waals surface area contributed by atoms with Gasteiger partial charge in [-0.05, 0) is 12.1 Å². The van der Waals surface area contributed by atoms with Crippen LogP contribution in [0.3, 0.4) is 0 Å². The first-order valence-corrected chi connectivity index (χ1v) is 6.95. The van der Waals surface area contributed by atoms with E-state index in [4.69, 9.17) is 0 Å². The molecule has 0 radical (unpaired) electrons. The highest BCUT2D eigenvalue weighted by Gasteiger charge is 2.30. The van der Waals surface area contributed by atoms with E-state index in [1.807, 2.05) is 0 Å². The van der Waals surface area contributed by atoms with Crippen LogP contribution in [0.1, 0.15) is 5.56 Å². The molecule has 1 atom stereocenters. The zero-order valence-electron chi connectivity index (χ0n) is 10.4. The van der Waals surface area contributed by atoms with Crippen LogP contribution in [-0.2, 0) is 17.2 Å². The molecule has 0 bridgehead atoms. The van der Waals surface area contributed by atoms with E-state index in [0.717, 1.165) is 12.1 Å². The normalized spacial score (nSPS) is 13.5. The van der Waals surface area contributed by atoms with Gasteiger partial charge in [0.25, 0.3) is 0 Å². The average molecular weight is 314 g/mol. The molecular weight excluding hydrogens is 305 g/mol. The summed E-state index contributed by atoms with van der Waals surface area (Å²) in [6.07, 6.45) is -0.00925. The molecule has 0 aliphatic heterocycles. The first-order chi connectivity index (χ1) is 9.95. The first-order valence-electron chi connectivity index (χ1n) is 5.81. The predicted molar refractivity (Wildman–Crippen MR) is 71.9 cm³/mol. The molecule has 2 heterocycles. The van der Waals surface area contributed by atoms with Crippen LogP contribution in [0.25, 0.3) is 10.9 Å². The van der Waals surface area contributed by atoms with Gasteiger partial charge in [-0.3, -0.25) is 9.82 Å². The number of halogens is 3. The van der Waals surface area contributed by atoms with Gasteiger partial charge in [-0.25, -0.2) is 4.21 Å². The minimum atomic E-state index is -4.41. The van der Waals surface area contributed by atoms with Crippen molar-refractivity contribution in [2.24, 2.45) is 0 Å². The second-order valence-electron chi connectivity index (χ2n) is 4.27. The molecule has 110 valence electrons. The summed E-state index contributed by atoms with van der Waals surface area (Å²) < 4.78 is 52.8. The standard InChI is InChI=1S/C12H9F3N4OS/c13-12(14,15)7-1-2-9-10(3-7)16-6-11(9)21(20)19-8-4-17-18-5-8/h1-6,16,19H,(H,17,18). The molecule has 3 N–H and O–H groups in total. The van der Waals surface area contributed by atoms with Gasteiger partial charge >= 0.3 is 6.18 Å². The predicted octanol–water partition coefficient (Wildman–Crippen LogP) is 3.04. The van der Waals surface area contributed by atoms with E-state index in [2.05, 4.69) is 19.9 Å². The second-order valence-corrected chi connectivity index (χ2v) is 5.45. The van der Waals surface area contributed by atoms with Crippen LogP contribution in [-0.4, -0.2) is 19.4 Å². The number of rotatable bonds is 3. The second kappa shape index (κ2) is 4.92. The Balaban J connectivity index is 1.95. The van der Waals surface area contributed by atoms with E-state index in [1.54, 1.807) is 0 Å². The highest BCUT2D eigenvalue weighted by Crippen LogP contribution is 2.32. The molecule has 9 heteroatoms. The maximum atomic E-state index is 12.6. The number of nitrogens with one attached hydrogen (secondary N) is 3. The number of benzene rings is 1. The van der Waals surface area contributed by atoms with Crippen LogP contribution in [0.4, 0.5) is 18.9 Å².